The molecule has 3 heteroatoms. The lowest BCUT2D eigenvalue weighted by Crippen LogP contribution is -2.22. The van der Waals surface area contributed by atoms with E-state index in [1.807, 2.05) is 12.1 Å². The lowest BCUT2D eigenvalue weighted by molar-refractivity contribution is 0.615. The molecule has 2 rings (SSSR count). The van der Waals surface area contributed by atoms with Crippen molar-refractivity contribution >= 4 is 11.6 Å². The molecule has 0 saturated heterocycles. The zero-order chi connectivity index (χ0) is 13.7. The fraction of sp³-hybridized carbons (Fsp3) is 0.312. The summed E-state index contributed by atoms with van der Waals surface area (Å²) in [6.07, 6.45) is 2.76. The molecule has 1 N–H and O–H groups in total. The first kappa shape index (κ1) is 14.0. The molecular formula is C16H19ClN2. The Balaban J connectivity index is 2.30. The van der Waals surface area contributed by atoms with E-state index < -0.39 is 0 Å². The smallest absolute Gasteiger partial charge is 0.0751 e. The molecule has 0 fully saturated rings. The third-order valence-electron chi connectivity index (χ3n) is 3.18. The quantitative estimate of drug-likeness (QED) is 0.892. The van der Waals surface area contributed by atoms with Crippen LogP contribution in [0.2, 0.25) is 5.02 Å². The number of nitrogens with one attached hydrogen (secondary N) is 1. The van der Waals surface area contributed by atoms with Gasteiger partial charge in [-0.15, -0.1) is 0 Å². The number of aromatic nitrogens is 1. The third kappa shape index (κ3) is 3.55. The van der Waals surface area contributed by atoms with Crippen LogP contribution in [0.4, 0.5) is 0 Å². The summed E-state index contributed by atoms with van der Waals surface area (Å²) in [6, 6.07) is 12.7. The first-order chi connectivity index (χ1) is 9.24. The first-order valence-corrected chi connectivity index (χ1v) is 7.06. The van der Waals surface area contributed by atoms with Crippen LogP contribution in [-0.2, 0) is 6.42 Å². The Bertz CT molecular complexity index is 505. The maximum atomic E-state index is 5.90. The second-order valence-corrected chi connectivity index (χ2v) is 4.92. The molecule has 1 atom stereocenters. The minimum atomic E-state index is 0.119. The summed E-state index contributed by atoms with van der Waals surface area (Å²) >= 11 is 5.90. The molecule has 2 aromatic rings. The second-order valence-electron chi connectivity index (χ2n) is 4.49. The molecule has 0 aliphatic carbocycles. The summed E-state index contributed by atoms with van der Waals surface area (Å²) in [7, 11) is 0. The molecule has 0 spiro atoms. The van der Waals surface area contributed by atoms with Crippen molar-refractivity contribution in [1.29, 1.82) is 0 Å². The highest BCUT2D eigenvalue weighted by Gasteiger charge is 2.13. The number of rotatable bonds is 5. The largest absolute Gasteiger partial charge is 0.305 e. The Kier molecular flexibility index (Phi) is 4.94. The van der Waals surface area contributed by atoms with Crippen molar-refractivity contribution in [3.05, 3.63) is 64.4 Å². The van der Waals surface area contributed by atoms with Gasteiger partial charge in [-0.25, -0.2) is 0 Å². The van der Waals surface area contributed by atoms with Gasteiger partial charge in [-0.05, 0) is 36.2 Å². The summed E-state index contributed by atoms with van der Waals surface area (Å²) < 4.78 is 0. The van der Waals surface area contributed by atoms with Crippen LogP contribution < -0.4 is 5.32 Å². The van der Waals surface area contributed by atoms with E-state index in [4.69, 9.17) is 11.6 Å². The van der Waals surface area contributed by atoms with Gasteiger partial charge in [-0.2, -0.15) is 0 Å². The van der Waals surface area contributed by atoms with E-state index in [0.29, 0.717) is 5.02 Å². The number of hydrogen-bond donors (Lipinski definition) is 1. The van der Waals surface area contributed by atoms with Gasteiger partial charge >= 0.3 is 0 Å². The monoisotopic (exact) mass is 274 g/mol. The van der Waals surface area contributed by atoms with Crippen molar-refractivity contribution in [3.63, 3.8) is 0 Å². The molecule has 100 valence electrons. The summed E-state index contributed by atoms with van der Waals surface area (Å²) in [4.78, 5) is 4.42. The lowest BCUT2D eigenvalue weighted by atomic mass is 10.0. The van der Waals surface area contributed by atoms with Crippen LogP contribution in [-0.4, -0.2) is 11.5 Å². The van der Waals surface area contributed by atoms with E-state index in [-0.39, 0.29) is 6.04 Å². The zero-order valence-electron chi connectivity index (χ0n) is 11.4. The van der Waals surface area contributed by atoms with Gasteiger partial charge in [0.05, 0.1) is 16.8 Å². The summed E-state index contributed by atoms with van der Waals surface area (Å²) in [5.74, 6) is 0. The fourth-order valence-corrected chi connectivity index (χ4v) is 2.21. The van der Waals surface area contributed by atoms with E-state index >= 15 is 0 Å². The van der Waals surface area contributed by atoms with Gasteiger partial charge in [0.1, 0.15) is 0 Å². The Morgan fingerprint density at radius 3 is 2.37 bits per heavy atom. The molecule has 1 unspecified atom stereocenters. The molecular weight excluding hydrogens is 256 g/mol. The van der Waals surface area contributed by atoms with Gasteiger partial charge in [-0.1, -0.05) is 49.7 Å². The number of pyridine rings is 1. The van der Waals surface area contributed by atoms with Crippen LogP contribution in [0.1, 0.15) is 36.7 Å². The predicted octanol–water partition coefficient (Wildman–Crippen LogP) is 4.00. The fourth-order valence-electron chi connectivity index (χ4n) is 2.10. The van der Waals surface area contributed by atoms with Crippen molar-refractivity contribution in [2.24, 2.45) is 0 Å². The molecule has 0 saturated carbocycles. The first-order valence-electron chi connectivity index (χ1n) is 6.68. The Morgan fingerprint density at radius 2 is 1.84 bits per heavy atom. The highest BCUT2D eigenvalue weighted by Crippen LogP contribution is 2.22. The van der Waals surface area contributed by atoms with E-state index in [1.165, 1.54) is 11.1 Å². The van der Waals surface area contributed by atoms with Crippen LogP contribution >= 0.6 is 11.6 Å². The summed E-state index contributed by atoms with van der Waals surface area (Å²) in [6.45, 7) is 5.16. The average molecular weight is 275 g/mol. The van der Waals surface area contributed by atoms with E-state index in [9.17, 15) is 0 Å². The standard InChI is InChI=1S/C16H19ClN2/c1-3-12-5-7-13(8-6-12)16(18-4-2)15-10-9-14(17)11-19-15/h5-11,16,18H,3-4H2,1-2H3. The molecule has 1 heterocycles. The Hall–Kier alpha value is -1.38. The highest BCUT2D eigenvalue weighted by atomic mass is 35.5. The van der Waals surface area contributed by atoms with Crippen LogP contribution in [0, 0.1) is 0 Å². The zero-order valence-corrected chi connectivity index (χ0v) is 12.1. The van der Waals surface area contributed by atoms with E-state index in [0.717, 1.165) is 18.7 Å². The molecule has 0 aliphatic rings. The third-order valence-corrected chi connectivity index (χ3v) is 3.40. The van der Waals surface area contributed by atoms with Crippen LogP contribution in [0.25, 0.3) is 0 Å². The Morgan fingerprint density at radius 1 is 1.11 bits per heavy atom. The number of nitrogens with zero attached hydrogens (tertiary/aromatic N) is 1. The maximum Gasteiger partial charge on any atom is 0.0751 e. The lowest BCUT2D eigenvalue weighted by Gasteiger charge is -2.18. The Labute approximate surface area is 119 Å². The summed E-state index contributed by atoms with van der Waals surface area (Å²) in [5.41, 5.74) is 3.58. The van der Waals surface area contributed by atoms with Crippen LogP contribution in [0.5, 0.6) is 0 Å². The second kappa shape index (κ2) is 6.69. The van der Waals surface area contributed by atoms with Crippen LogP contribution in [0.15, 0.2) is 42.6 Å². The average Bonchev–Trinajstić information content (AvgIpc) is 2.46. The van der Waals surface area contributed by atoms with Crippen LogP contribution in [0.3, 0.4) is 0 Å². The van der Waals surface area contributed by atoms with Gasteiger partial charge in [0.15, 0.2) is 0 Å². The van der Waals surface area contributed by atoms with Crippen molar-refractivity contribution < 1.29 is 0 Å². The van der Waals surface area contributed by atoms with Crippen molar-refractivity contribution in [2.75, 3.05) is 6.54 Å². The van der Waals surface area contributed by atoms with E-state index in [2.05, 4.69) is 48.4 Å². The van der Waals surface area contributed by atoms with Gasteiger partial charge < -0.3 is 5.32 Å². The van der Waals surface area contributed by atoms with E-state index in [1.54, 1.807) is 6.20 Å². The molecule has 0 radical (unpaired) electrons. The number of halogens is 1. The minimum absolute atomic E-state index is 0.119. The molecule has 0 bridgehead atoms. The number of aryl methyl sites for hydroxylation is 1. The predicted molar refractivity (Wildman–Crippen MR) is 80.6 cm³/mol. The molecule has 0 aliphatic heterocycles. The van der Waals surface area contributed by atoms with Gasteiger partial charge in [0.2, 0.25) is 0 Å². The molecule has 2 nitrogen and oxygen atoms in total. The normalized spacial score (nSPS) is 12.4. The molecule has 19 heavy (non-hydrogen) atoms. The topological polar surface area (TPSA) is 24.9 Å². The molecule has 1 aromatic heterocycles. The van der Waals surface area contributed by atoms with Gasteiger partial charge in [0, 0.05) is 6.20 Å². The number of hydrogen-bond acceptors (Lipinski definition) is 2. The van der Waals surface area contributed by atoms with Crippen molar-refractivity contribution in [1.82, 2.24) is 10.3 Å². The minimum Gasteiger partial charge on any atom is -0.305 e. The van der Waals surface area contributed by atoms with Crippen molar-refractivity contribution in [3.8, 4) is 0 Å². The summed E-state index contributed by atoms with van der Waals surface area (Å²) in [5, 5.41) is 4.13. The van der Waals surface area contributed by atoms with Crippen molar-refractivity contribution in [2.45, 2.75) is 26.3 Å². The number of benzene rings is 1. The van der Waals surface area contributed by atoms with Gasteiger partial charge in [-0.3, -0.25) is 4.98 Å². The maximum absolute atomic E-state index is 5.90. The SMILES string of the molecule is CCNC(c1ccc(CC)cc1)c1ccc(Cl)cn1. The molecule has 0 amide bonds. The highest BCUT2D eigenvalue weighted by molar-refractivity contribution is 6.30. The molecule has 1 aromatic carbocycles. The van der Waals surface area contributed by atoms with Gasteiger partial charge in [0.25, 0.3) is 0 Å².